The molecule has 3 nitrogen and oxygen atoms in total. The first kappa shape index (κ1) is 12.3. The molecule has 0 spiro atoms. The Balaban J connectivity index is 2.63. The highest BCUT2D eigenvalue weighted by Gasteiger charge is 2.38. The van der Waals surface area contributed by atoms with Crippen LogP contribution in [0.1, 0.15) is 18.4 Å². The second kappa shape index (κ2) is 4.23. The molecule has 1 aromatic carbocycles. The molecule has 0 radical (unpaired) electrons. The van der Waals surface area contributed by atoms with E-state index in [0.717, 1.165) is 6.07 Å². The van der Waals surface area contributed by atoms with Crippen LogP contribution in [0.4, 0.5) is 14.5 Å². The van der Waals surface area contributed by atoms with E-state index in [0.29, 0.717) is 5.69 Å². The SMILES string of the molecule is CC1C(O)C(CO)c2c(F)cc(F)cc2N1C. The van der Waals surface area contributed by atoms with Crippen LogP contribution < -0.4 is 4.90 Å². The molecule has 0 amide bonds. The van der Waals surface area contributed by atoms with E-state index in [-0.39, 0.29) is 18.2 Å². The molecule has 0 aliphatic carbocycles. The minimum atomic E-state index is -0.877. The molecule has 0 saturated heterocycles. The van der Waals surface area contributed by atoms with Gasteiger partial charge in [0.15, 0.2) is 0 Å². The van der Waals surface area contributed by atoms with Crippen molar-refractivity contribution >= 4 is 5.69 Å². The van der Waals surface area contributed by atoms with Gasteiger partial charge in [0.1, 0.15) is 11.6 Å². The molecule has 1 aromatic rings. The van der Waals surface area contributed by atoms with E-state index < -0.39 is 23.7 Å². The molecule has 0 aromatic heterocycles. The van der Waals surface area contributed by atoms with Gasteiger partial charge in [0.25, 0.3) is 0 Å². The molecular weight excluding hydrogens is 228 g/mol. The van der Waals surface area contributed by atoms with Gasteiger partial charge < -0.3 is 15.1 Å². The zero-order valence-corrected chi connectivity index (χ0v) is 9.69. The van der Waals surface area contributed by atoms with Crippen molar-refractivity contribution in [2.45, 2.75) is 25.0 Å². The van der Waals surface area contributed by atoms with Crippen LogP contribution in [-0.4, -0.2) is 36.0 Å². The third kappa shape index (κ3) is 1.79. The number of fused-ring (bicyclic) bond motifs is 1. The molecule has 2 rings (SSSR count). The Bertz CT molecular complexity index is 439. The Labute approximate surface area is 98.3 Å². The van der Waals surface area contributed by atoms with Crippen LogP contribution in [0, 0.1) is 11.6 Å². The summed E-state index contributed by atoms with van der Waals surface area (Å²) in [6, 6.07) is 1.70. The van der Waals surface area contributed by atoms with E-state index in [1.54, 1.807) is 18.9 Å². The standard InChI is InChI=1S/C12H15F2NO2/c1-6-12(17)8(5-16)11-9(14)3-7(13)4-10(11)15(6)2/h3-4,6,8,12,16-17H,5H2,1-2H3. The molecule has 1 aliphatic heterocycles. The number of aliphatic hydroxyl groups is 2. The number of rotatable bonds is 1. The lowest BCUT2D eigenvalue weighted by atomic mass is 9.84. The first-order chi connectivity index (χ1) is 7.97. The Morgan fingerprint density at radius 2 is 2.00 bits per heavy atom. The number of halogens is 2. The highest BCUT2D eigenvalue weighted by Crippen LogP contribution is 2.39. The van der Waals surface area contributed by atoms with Crippen molar-refractivity contribution in [1.29, 1.82) is 0 Å². The monoisotopic (exact) mass is 243 g/mol. The van der Waals surface area contributed by atoms with Crippen LogP contribution >= 0.6 is 0 Å². The minimum absolute atomic E-state index is 0.182. The van der Waals surface area contributed by atoms with Crippen LogP contribution in [0.15, 0.2) is 12.1 Å². The van der Waals surface area contributed by atoms with E-state index in [4.69, 9.17) is 0 Å². The molecule has 0 saturated carbocycles. The molecule has 0 fully saturated rings. The maximum absolute atomic E-state index is 13.8. The van der Waals surface area contributed by atoms with Crippen molar-refractivity contribution < 1.29 is 19.0 Å². The summed E-state index contributed by atoms with van der Waals surface area (Å²) in [5, 5.41) is 19.3. The van der Waals surface area contributed by atoms with Crippen molar-refractivity contribution in [1.82, 2.24) is 0 Å². The Morgan fingerprint density at radius 3 is 2.59 bits per heavy atom. The number of benzene rings is 1. The lowest BCUT2D eigenvalue weighted by molar-refractivity contribution is 0.0800. The van der Waals surface area contributed by atoms with Gasteiger partial charge in [0.05, 0.1) is 18.8 Å². The zero-order valence-electron chi connectivity index (χ0n) is 9.69. The summed E-state index contributed by atoms with van der Waals surface area (Å²) >= 11 is 0. The van der Waals surface area contributed by atoms with Gasteiger partial charge in [0.2, 0.25) is 0 Å². The minimum Gasteiger partial charge on any atom is -0.396 e. The first-order valence-corrected chi connectivity index (χ1v) is 5.48. The normalized spacial score (nSPS) is 28.1. The second-order valence-electron chi connectivity index (χ2n) is 4.45. The lowest BCUT2D eigenvalue weighted by Crippen LogP contribution is -2.48. The van der Waals surface area contributed by atoms with Gasteiger partial charge in [0, 0.05) is 30.3 Å². The van der Waals surface area contributed by atoms with Gasteiger partial charge in [-0.1, -0.05) is 0 Å². The highest BCUT2D eigenvalue weighted by molar-refractivity contribution is 5.59. The Hall–Kier alpha value is -1.20. The van der Waals surface area contributed by atoms with Crippen LogP contribution in [-0.2, 0) is 0 Å². The Morgan fingerprint density at radius 1 is 1.35 bits per heavy atom. The predicted molar refractivity (Wildman–Crippen MR) is 60.1 cm³/mol. The van der Waals surface area contributed by atoms with E-state index >= 15 is 0 Å². The number of likely N-dealkylation sites (N-methyl/N-ethyl adjacent to an activating group) is 1. The summed E-state index contributed by atoms with van der Waals surface area (Å²) < 4.78 is 26.9. The van der Waals surface area contributed by atoms with Crippen LogP contribution in [0.5, 0.6) is 0 Å². The maximum Gasteiger partial charge on any atom is 0.131 e. The van der Waals surface area contributed by atoms with Crippen LogP contribution in [0.2, 0.25) is 0 Å². The number of hydrogen-bond acceptors (Lipinski definition) is 3. The summed E-state index contributed by atoms with van der Waals surface area (Å²) in [5.41, 5.74) is 0.571. The van der Waals surface area contributed by atoms with Gasteiger partial charge in [-0.3, -0.25) is 0 Å². The molecule has 1 aliphatic rings. The fourth-order valence-electron chi connectivity index (χ4n) is 2.38. The summed E-state index contributed by atoms with van der Waals surface area (Å²) in [6.45, 7) is 1.38. The van der Waals surface area contributed by atoms with Crippen molar-refractivity contribution in [3.05, 3.63) is 29.3 Å². The van der Waals surface area contributed by atoms with Gasteiger partial charge in [-0.25, -0.2) is 8.78 Å². The third-order valence-corrected chi connectivity index (χ3v) is 3.54. The fraction of sp³-hybridized carbons (Fsp3) is 0.500. The number of anilines is 1. The van der Waals surface area contributed by atoms with E-state index in [1.165, 1.54) is 6.07 Å². The number of aliphatic hydroxyl groups excluding tert-OH is 2. The van der Waals surface area contributed by atoms with E-state index in [2.05, 4.69) is 0 Å². The average Bonchev–Trinajstić information content (AvgIpc) is 2.28. The fourth-order valence-corrected chi connectivity index (χ4v) is 2.38. The van der Waals surface area contributed by atoms with Gasteiger partial charge in [-0.15, -0.1) is 0 Å². The second-order valence-corrected chi connectivity index (χ2v) is 4.45. The maximum atomic E-state index is 13.8. The smallest absolute Gasteiger partial charge is 0.131 e. The van der Waals surface area contributed by atoms with Gasteiger partial charge >= 0.3 is 0 Å². The first-order valence-electron chi connectivity index (χ1n) is 5.48. The van der Waals surface area contributed by atoms with Crippen molar-refractivity contribution in [3.63, 3.8) is 0 Å². The molecule has 3 atom stereocenters. The molecule has 1 heterocycles. The largest absolute Gasteiger partial charge is 0.396 e. The number of nitrogens with zero attached hydrogens (tertiary/aromatic N) is 1. The third-order valence-electron chi connectivity index (χ3n) is 3.54. The van der Waals surface area contributed by atoms with E-state index in [1.807, 2.05) is 0 Å². The van der Waals surface area contributed by atoms with Crippen molar-refractivity contribution in [3.8, 4) is 0 Å². The molecule has 0 bridgehead atoms. The highest BCUT2D eigenvalue weighted by atomic mass is 19.1. The molecule has 5 heteroatoms. The van der Waals surface area contributed by atoms with E-state index in [9.17, 15) is 19.0 Å². The summed E-state index contributed by atoms with van der Waals surface area (Å²) in [6.07, 6.45) is -0.877. The molecule has 94 valence electrons. The molecule has 17 heavy (non-hydrogen) atoms. The van der Waals surface area contributed by atoms with Gasteiger partial charge in [-0.05, 0) is 13.0 Å². The molecular formula is C12H15F2NO2. The topological polar surface area (TPSA) is 43.7 Å². The average molecular weight is 243 g/mol. The summed E-state index contributed by atoms with van der Waals surface area (Å²) in [4.78, 5) is 1.62. The lowest BCUT2D eigenvalue weighted by Gasteiger charge is -2.41. The summed E-state index contributed by atoms with van der Waals surface area (Å²) in [5.74, 6) is -2.10. The van der Waals surface area contributed by atoms with Crippen molar-refractivity contribution in [2.75, 3.05) is 18.6 Å². The quantitative estimate of drug-likeness (QED) is 0.780. The van der Waals surface area contributed by atoms with Crippen LogP contribution in [0.25, 0.3) is 0 Å². The molecule has 2 N–H and O–H groups in total. The molecule has 3 unspecified atom stereocenters. The number of hydrogen-bond donors (Lipinski definition) is 2. The zero-order chi connectivity index (χ0) is 12.7. The van der Waals surface area contributed by atoms with Gasteiger partial charge in [-0.2, -0.15) is 0 Å². The Kier molecular flexibility index (Phi) is 3.05. The summed E-state index contributed by atoms with van der Waals surface area (Å²) in [7, 11) is 1.67. The van der Waals surface area contributed by atoms with Crippen molar-refractivity contribution in [2.24, 2.45) is 0 Å². The van der Waals surface area contributed by atoms with Crippen LogP contribution in [0.3, 0.4) is 0 Å². The predicted octanol–water partition coefficient (Wildman–Crippen LogP) is 1.24.